The van der Waals surface area contributed by atoms with Crippen LogP contribution in [0.2, 0.25) is 0 Å². The topological polar surface area (TPSA) is 30.5 Å². The lowest BCUT2D eigenvalue weighted by atomic mass is 9.76. The second-order valence-electron chi connectivity index (χ2n) is 7.38. The van der Waals surface area contributed by atoms with Crippen molar-refractivity contribution in [2.24, 2.45) is 5.92 Å². The molecule has 0 bridgehead atoms. The average molecular weight is 297 g/mol. The maximum atomic E-state index is 6.65. The summed E-state index contributed by atoms with van der Waals surface area (Å²) in [5, 5.41) is 3.64. The molecule has 0 aromatic heterocycles. The molecule has 0 radical (unpaired) electrons. The summed E-state index contributed by atoms with van der Waals surface area (Å²) in [6.45, 7) is 9.52. The fourth-order valence-corrected chi connectivity index (χ4v) is 3.77. The maximum Gasteiger partial charge on any atom is 0.0810 e. The molecule has 0 unspecified atom stereocenters. The number of rotatable bonds is 7. The van der Waals surface area contributed by atoms with E-state index < -0.39 is 0 Å². The van der Waals surface area contributed by atoms with Crippen molar-refractivity contribution in [2.75, 3.05) is 19.8 Å². The third kappa shape index (κ3) is 5.54. The van der Waals surface area contributed by atoms with Crippen LogP contribution in [-0.2, 0) is 9.47 Å². The number of ether oxygens (including phenoxy) is 2. The molecule has 0 aromatic carbocycles. The summed E-state index contributed by atoms with van der Waals surface area (Å²) in [6, 6.07) is 0.536. The van der Waals surface area contributed by atoms with Crippen LogP contribution in [0.4, 0.5) is 0 Å². The molecule has 124 valence electrons. The molecular formula is C18H35NO2. The van der Waals surface area contributed by atoms with Gasteiger partial charge in [-0.1, -0.05) is 33.6 Å². The van der Waals surface area contributed by atoms with E-state index in [4.69, 9.17) is 9.47 Å². The van der Waals surface area contributed by atoms with Crippen LogP contribution in [-0.4, -0.2) is 37.5 Å². The van der Waals surface area contributed by atoms with Crippen molar-refractivity contribution in [3.8, 4) is 0 Å². The predicted octanol–water partition coefficient (Wildman–Crippen LogP) is 3.91. The predicted molar refractivity (Wildman–Crippen MR) is 87.7 cm³/mol. The second kappa shape index (κ2) is 8.50. The van der Waals surface area contributed by atoms with E-state index in [-0.39, 0.29) is 5.60 Å². The van der Waals surface area contributed by atoms with Crippen molar-refractivity contribution in [1.29, 1.82) is 0 Å². The van der Waals surface area contributed by atoms with Gasteiger partial charge in [-0.2, -0.15) is 0 Å². The average Bonchev–Trinajstić information content (AvgIpc) is 2.49. The summed E-state index contributed by atoms with van der Waals surface area (Å²) in [5.41, 5.74) is 0.0799. The van der Waals surface area contributed by atoms with Crippen LogP contribution in [0.3, 0.4) is 0 Å². The van der Waals surface area contributed by atoms with Crippen molar-refractivity contribution in [1.82, 2.24) is 5.32 Å². The maximum absolute atomic E-state index is 6.65. The van der Waals surface area contributed by atoms with Crippen LogP contribution in [0.5, 0.6) is 0 Å². The Morgan fingerprint density at radius 3 is 2.38 bits per heavy atom. The third-order valence-electron chi connectivity index (χ3n) is 5.13. The first-order valence-corrected chi connectivity index (χ1v) is 9.12. The first-order chi connectivity index (χ1) is 10.1. The van der Waals surface area contributed by atoms with Crippen LogP contribution in [0.15, 0.2) is 0 Å². The Kier molecular flexibility index (Phi) is 6.97. The number of hydrogen-bond acceptors (Lipinski definition) is 3. The molecular weight excluding hydrogens is 262 g/mol. The molecule has 1 heterocycles. The molecule has 1 aliphatic heterocycles. The van der Waals surface area contributed by atoms with Gasteiger partial charge in [0.1, 0.15) is 0 Å². The number of hydrogen-bond donors (Lipinski definition) is 1. The van der Waals surface area contributed by atoms with Gasteiger partial charge in [-0.3, -0.25) is 0 Å². The summed E-state index contributed by atoms with van der Waals surface area (Å²) < 4.78 is 12.1. The van der Waals surface area contributed by atoms with Crippen molar-refractivity contribution in [3.63, 3.8) is 0 Å². The minimum Gasteiger partial charge on any atom is -0.381 e. The van der Waals surface area contributed by atoms with Gasteiger partial charge in [0.2, 0.25) is 0 Å². The molecule has 2 rings (SSSR count). The molecule has 2 aliphatic rings. The Bertz CT molecular complexity index is 279. The van der Waals surface area contributed by atoms with Gasteiger partial charge >= 0.3 is 0 Å². The van der Waals surface area contributed by atoms with Crippen LogP contribution in [0.1, 0.15) is 72.1 Å². The molecule has 0 aromatic rings. The SMILES string of the molecule is CCCC1CCC(CNC(C)C)(OC2CCOCC2)CC1. The Morgan fingerprint density at radius 2 is 1.81 bits per heavy atom. The van der Waals surface area contributed by atoms with Gasteiger partial charge in [-0.05, 0) is 44.4 Å². The van der Waals surface area contributed by atoms with Crippen LogP contribution in [0.25, 0.3) is 0 Å². The second-order valence-corrected chi connectivity index (χ2v) is 7.38. The highest BCUT2D eigenvalue weighted by Crippen LogP contribution is 2.38. The van der Waals surface area contributed by atoms with Gasteiger partial charge in [-0.15, -0.1) is 0 Å². The van der Waals surface area contributed by atoms with Crippen molar-refractivity contribution in [3.05, 3.63) is 0 Å². The fraction of sp³-hybridized carbons (Fsp3) is 1.00. The van der Waals surface area contributed by atoms with Crippen molar-refractivity contribution >= 4 is 0 Å². The van der Waals surface area contributed by atoms with Crippen molar-refractivity contribution < 1.29 is 9.47 Å². The summed E-state index contributed by atoms with van der Waals surface area (Å²) >= 11 is 0. The number of nitrogens with one attached hydrogen (secondary N) is 1. The minimum absolute atomic E-state index is 0.0799. The van der Waals surface area contributed by atoms with Crippen LogP contribution in [0, 0.1) is 5.92 Å². The zero-order valence-corrected chi connectivity index (χ0v) is 14.3. The zero-order chi connectivity index (χ0) is 15.1. The Morgan fingerprint density at radius 1 is 1.14 bits per heavy atom. The van der Waals surface area contributed by atoms with E-state index in [0.717, 1.165) is 38.5 Å². The summed E-state index contributed by atoms with van der Waals surface area (Å²) in [4.78, 5) is 0. The highest BCUT2D eigenvalue weighted by atomic mass is 16.5. The highest BCUT2D eigenvalue weighted by Gasteiger charge is 2.38. The Hall–Kier alpha value is -0.120. The molecule has 0 spiro atoms. The van der Waals surface area contributed by atoms with Gasteiger partial charge in [0.25, 0.3) is 0 Å². The highest BCUT2D eigenvalue weighted by molar-refractivity contribution is 4.91. The third-order valence-corrected chi connectivity index (χ3v) is 5.13. The first kappa shape index (κ1) is 17.2. The van der Waals surface area contributed by atoms with E-state index in [1.807, 2.05) is 0 Å². The van der Waals surface area contributed by atoms with Gasteiger partial charge < -0.3 is 14.8 Å². The summed E-state index contributed by atoms with van der Waals surface area (Å²) in [6.07, 6.45) is 10.4. The zero-order valence-electron chi connectivity index (χ0n) is 14.3. The first-order valence-electron chi connectivity index (χ1n) is 9.12. The molecule has 2 fully saturated rings. The lowest BCUT2D eigenvalue weighted by molar-refractivity contribution is -0.144. The van der Waals surface area contributed by atoms with E-state index in [1.54, 1.807) is 0 Å². The molecule has 1 saturated heterocycles. The molecule has 21 heavy (non-hydrogen) atoms. The standard InChI is InChI=1S/C18H35NO2/c1-4-5-16-6-10-18(11-7-16,14-19-15(2)3)21-17-8-12-20-13-9-17/h15-17,19H,4-14H2,1-3H3. The van der Waals surface area contributed by atoms with Crippen LogP contribution < -0.4 is 5.32 Å². The lowest BCUT2D eigenvalue weighted by Crippen LogP contribution is -2.50. The van der Waals surface area contributed by atoms with Gasteiger partial charge in [0.05, 0.1) is 11.7 Å². The van der Waals surface area contributed by atoms with E-state index in [2.05, 4.69) is 26.1 Å². The largest absolute Gasteiger partial charge is 0.381 e. The van der Waals surface area contributed by atoms with E-state index in [1.165, 1.54) is 38.5 Å². The van der Waals surface area contributed by atoms with Crippen LogP contribution >= 0.6 is 0 Å². The fourth-order valence-electron chi connectivity index (χ4n) is 3.77. The van der Waals surface area contributed by atoms with Gasteiger partial charge in [0.15, 0.2) is 0 Å². The lowest BCUT2D eigenvalue weighted by Gasteiger charge is -2.43. The van der Waals surface area contributed by atoms with E-state index in [9.17, 15) is 0 Å². The molecule has 0 atom stereocenters. The van der Waals surface area contributed by atoms with Gasteiger partial charge in [-0.25, -0.2) is 0 Å². The van der Waals surface area contributed by atoms with E-state index >= 15 is 0 Å². The summed E-state index contributed by atoms with van der Waals surface area (Å²) in [7, 11) is 0. The molecule has 1 N–H and O–H groups in total. The monoisotopic (exact) mass is 297 g/mol. The molecule has 3 nitrogen and oxygen atoms in total. The smallest absolute Gasteiger partial charge is 0.0810 e. The summed E-state index contributed by atoms with van der Waals surface area (Å²) in [5.74, 6) is 0.931. The van der Waals surface area contributed by atoms with Crippen molar-refractivity contribution in [2.45, 2.75) is 89.9 Å². The molecule has 1 saturated carbocycles. The molecule has 0 amide bonds. The quantitative estimate of drug-likeness (QED) is 0.773. The minimum atomic E-state index is 0.0799. The Labute approximate surface area is 131 Å². The molecule has 3 heteroatoms. The van der Waals surface area contributed by atoms with Gasteiger partial charge in [0, 0.05) is 25.8 Å². The Balaban J connectivity index is 1.90. The van der Waals surface area contributed by atoms with E-state index in [0.29, 0.717) is 12.1 Å². The molecule has 1 aliphatic carbocycles. The normalized spacial score (nSPS) is 31.7.